The molecule has 1 amide bonds. The van der Waals surface area contributed by atoms with Gasteiger partial charge in [0, 0.05) is 36.3 Å². The van der Waals surface area contributed by atoms with Gasteiger partial charge in [0.1, 0.15) is 0 Å². The molecule has 0 aliphatic rings. The molecule has 2 N–H and O–H groups in total. The van der Waals surface area contributed by atoms with Gasteiger partial charge in [0.05, 0.1) is 15.4 Å². The van der Waals surface area contributed by atoms with Gasteiger partial charge >= 0.3 is 0 Å². The number of carbonyl (C=O) groups excluding carboxylic acids is 2. The number of hydrogen-bond acceptors (Lipinski definition) is 6. The van der Waals surface area contributed by atoms with E-state index < -0.39 is 20.9 Å². The third-order valence-electron chi connectivity index (χ3n) is 5.23. The summed E-state index contributed by atoms with van der Waals surface area (Å²) in [6.07, 6.45) is 0. The summed E-state index contributed by atoms with van der Waals surface area (Å²) in [6, 6.07) is 16.4. The Morgan fingerprint density at radius 3 is 2.26 bits per heavy atom. The van der Waals surface area contributed by atoms with Gasteiger partial charge < -0.3 is 5.32 Å². The van der Waals surface area contributed by atoms with E-state index in [0.717, 1.165) is 17.2 Å². The molecule has 0 aromatic heterocycles. The number of nitro benzene ring substituents is 1. The van der Waals surface area contributed by atoms with Crippen LogP contribution in [-0.4, -0.2) is 38.1 Å². The second kappa shape index (κ2) is 10.4. The van der Waals surface area contributed by atoms with Crippen LogP contribution in [0.4, 0.5) is 5.69 Å². The molecule has 0 fully saturated rings. The van der Waals surface area contributed by atoms with Gasteiger partial charge in [-0.2, -0.15) is 0 Å². The zero-order valence-electron chi connectivity index (χ0n) is 18.6. The minimum atomic E-state index is -4.00. The molecule has 0 saturated carbocycles. The van der Waals surface area contributed by atoms with E-state index in [1.165, 1.54) is 24.3 Å². The first-order valence-electron chi connectivity index (χ1n) is 10.3. The molecule has 0 aliphatic heterocycles. The van der Waals surface area contributed by atoms with Crippen LogP contribution < -0.4 is 10.0 Å². The van der Waals surface area contributed by atoms with Crippen LogP contribution in [0.1, 0.15) is 37.4 Å². The molecule has 9 nitrogen and oxygen atoms in total. The number of nitrogens with one attached hydrogen (secondary N) is 2. The molecule has 0 spiro atoms. The van der Waals surface area contributed by atoms with E-state index in [2.05, 4.69) is 10.0 Å². The lowest BCUT2D eigenvalue weighted by Crippen LogP contribution is -2.35. The molecule has 176 valence electrons. The first kappa shape index (κ1) is 24.7. The fourth-order valence-electron chi connectivity index (χ4n) is 3.22. The highest BCUT2D eigenvalue weighted by molar-refractivity contribution is 7.89. The predicted octanol–water partition coefficient (Wildman–Crippen LogP) is 3.15. The maximum absolute atomic E-state index is 13.0. The number of amides is 1. The van der Waals surface area contributed by atoms with Gasteiger partial charge in [-0.1, -0.05) is 36.4 Å². The van der Waals surface area contributed by atoms with E-state index in [0.29, 0.717) is 5.56 Å². The number of aryl methyl sites for hydroxylation is 2. The zero-order valence-corrected chi connectivity index (χ0v) is 19.4. The quantitative estimate of drug-likeness (QED) is 0.209. The minimum absolute atomic E-state index is 0.0564. The lowest BCUT2D eigenvalue weighted by Gasteiger charge is -2.11. The molecule has 0 bridgehead atoms. The van der Waals surface area contributed by atoms with Crippen molar-refractivity contribution in [3.05, 3.63) is 105 Å². The average Bonchev–Trinajstić information content (AvgIpc) is 2.83. The number of sulfonamides is 1. The molecular formula is C24H23N3O6S. The number of nitrogens with zero attached hydrogens (tertiary/aromatic N) is 1. The Hall–Kier alpha value is -3.89. The summed E-state index contributed by atoms with van der Waals surface area (Å²) in [6.45, 7) is 3.64. The van der Waals surface area contributed by atoms with Crippen molar-refractivity contribution in [3.8, 4) is 0 Å². The smallest absolute Gasteiger partial charge is 0.270 e. The van der Waals surface area contributed by atoms with E-state index in [1.807, 2.05) is 19.9 Å². The van der Waals surface area contributed by atoms with Crippen LogP contribution >= 0.6 is 0 Å². The highest BCUT2D eigenvalue weighted by Crippen LogP contribution is 2.18. The monoisotopic (exact) mass is 481 g/mol. The van der Waals surface area contributed by atoms with E-state index in [1.54, 1.807) is 30.3 Å². The molecule has 10 heteroatoms. The summed E-state index contributed by atoms with van der Waals surface area (Å²) in [4.78, 5) is 35.7. The summed E-state index contributed by atoms with van der Waals surface area (Å²) in [5.74, 6) is -0.817. The molecule has 3 aromatic rings. The number of hydrogen-bond donors (Lipinski definition) is 2. The molecular weight excluding hydrogens is 458 g/mol. The van der Waals surface area contributed by atoms with Crippen LogP contribution in [0.5, 0.6) is 0 Å². The van der Waals surface area contributed by atoms with Gasteiger partial charge in [-0.15, -0.1) is 0 Å². The van der Waals surface area contributed by atoms with Crippen molar-refractivity contribution in [2.75, 3.05) is 13.1 Å². The number of carbonyl (C=O) groups is 2. The van der Waals surface area contributed by atoms with Crippen LogP contribution in [0.3, 0.4) is 0 Å². The molecule has 0 saturated heterocycles. The highest BCUT2D eigenvalue weighted by Gasteiger charge is 2.20. The number of benzene rings is 3. The Morgan fingerprint density at radius 2 is 1.59 bits per heavy atom. The van der Waals surface area contributed by atoms with Gasteiger partial charge in [0.2, 0.25) is 10.0 Å². The van der Waals surface area contributed by atoms with Crippen molar-refractivity contribution in [2.24, 2.45) is 0 Å². The molecule has 0 unspecified atom stereocenters. The van der Waals surface area contributed by atoms with Crippen LogP contribution in [-0.2, 0) is 10.0 Å². The van der Waals surface area contributed by atoms with Gasteiger partial charge in [-0.05, 0) is 43.2 Å². The minimum Gasteiger partial charge on any atom is -0.351 e. The lowest BCUT2D eigenvalue weighted by atomic mass is 9.95. The Morgan fingerprint density at radius 1 is 0.882 bits per heavy atom. The van der Waals surface area contributed by atoms with Gasteiger partial charge in [0.15, 0.2) is 5.78 Å². The fourth-order valence-corrected chi connectivity index (χ4v) is 4.29. The molecule has 0 heterocycles. The van der Waals surface area contributed by atoms with E-state index in [9.17, 15) is 28.1 Å². The molecule has 3 rings (SSSR count). The number of non-ortho nitro benzene ring substituents is 1. The van der Waals surface area contributed by atoms with Crippen molar-refractivity contribution >= 4 is 27.4 Å². The molecule has 0 radical (unpaired) electrons. The summed E-state index contributed by atoms with van der Waals surface area (Å²) >= 11 is 0. The van der Waals surface area contributed by atoms with Crippen LogP contribution in [0.25, 0.3) is 0 Å². The van der Waals surface area contributed by atoms with Crippen LogP contribution in [0, 0.1) is 24.0 Å². The Kier molecular flexibility index (Phi) is 7.54. The van der Waals surface area contributed by atoms with Gasteiger partial charge in [-0.25, -0.2) is 13.1 Å². The van der Waals surface area contributed by atoms with Gasteiger partial charge in [-0.3, -0.25) is 19.7 Å². The fraction of sp³-hybridized carbons (Fsp3) is 0.167. The van der Waals surface area contributed by atoms with E-state index >= 15 is 0 Å². The second-order valence-electron chi connectivity index (χ2n) is 7.58. The van der Waals surface area contributed by atoms with E-state index in [-0.39, 0.29) is 40.6 Å². The lowest BCUT2D eigenvalue weighted by molar-refractivity contribution is -0.385. The third-order valence-corrected chi connectivity index (χ3v) is 6.69. The largest absolute Gasteiger partial charge is 0.351 e. The summed E-state index contributed by atoms with van der Waals surface area (Å²) < 4.78 is 27.1. The Labute approximate surface area is 197 Å². The Bertz CT molecular complexity index is 1370. The number of nitro groups is 1. The van der Waals surface area contributed by atoms with E-state index in [4.69, 9.17) is 0 Å². The maximum Gasteiger partial charge on any atom is 0.270 e. The topological polar surface area (TPSA) is 135 Å². The standard InChI is InChI=1S/C24H23N3O6S/c1-16-10-11-18(14-17(16)2)23(28)21-8-3-4-9-22(21)24(29)25-12-13-26-34(32,33)20-7-5-6-19(15-20)27(30)31/h3-11,14-15,26H,12-13H2,1-2H3,(H,25,29). The SMILES string of the molecule is Cc1ccc(C(=O)c2ccccc2C(=O)NCCNS(=O)(=O)c2cccc([N+](=O)[O-])c2)cc1C. The number of rotatable bonds is 9. The second-order valence-corrected chi connectivity index (χ2v) is 9.35. The Balaban J connectivity index is 1.66. The number of ketones is 1. The first-order valence-corrected chi connectivity index (χ1v) is 11.8. The summed E-state index contributed by atoms with van der Waals surface area (Å²) in [5, 5.41) is 13.5. The van der Waals surface area contributed by atoms with Crippen LogP contribution in [0.2, 0.25) is 0 Å². The van der Waals surface area contributed by atoms with Gasteiger partial charge in [0.25, 0.3) is 11.6 Å². The van der Waals surface area contributed by atoms with Crippen molar-refractivity contribution in [1.29, 1.82) is 0 Å². The highest BCUT2D eigenvalue weighted by atomic mass is 32.2. The molecule has 0 atom stereocenters. The molecule has 3 aromatic carbocycles. The zero-order chi connectivity index (χ0) is 24.9. The van der Waals surface area contributed by atoms with Crippen LogP contribution in [0.15, 0.2) is 71.6 Å². The first-order chi connectivity index (χ1) is 16.1. The van der Waals surface area contributed by atoms with Crippen molar-refractivity contribution in [2.45, 2.75) is 18.7 Å². The maximum atomic E-state index is 13.0. The summed E-state index contributed by atoms with van der Waals surface area (Å²) in [5.41, 5.74) is 2.54. The predicted molar refractivity (Wildman–Crippen MR) is 126 cm³/mol. The molecule has 0 aliphatic carbocycles. The average molecular weight is 482 g/mol. The van der Waals surface area contributed by atoms with Crippen molar-refractivity contribution in [1.82, 2.24) is 10.0 Å². The normalized spacial score (nSPS) is 11.1. The molecule has 34 heavy (non-hydrogen) atoms. The third kappa shape index (κ3) is 5.72. The summed E-state index contributed by atoms with van der Waals surface area (Å²) in [7, 11) is -4.00. The van der Waals surface area contributed by atoms with Crippen molar-refractivity contribution < 1.29 is 22.9 Å². The van der Waals surface area contributed by atoms with Crippen molar-refractivity contribution in [3.63, 3.8) is 0 Å².